The summed E-state index contributed by atoms with van der Waals surface area (Å²) in [5.41, 5.74) is 3.34. The quantitative estimate of drug-likeness (QED) is 0.810. The van der Waals surface area contributed by atoms with Crippen molar-refractivity contribution in [3.63, 3.8) is 0 Å². The van der Waals surface area contributed by atoms with Gasteiger partial charge in [0.05, 0.1) is 0 Å². The lowest BCUT2D eigenvalue weighted by molar-refractivity contribution is 0.0727. The molecular weight excluding hydrogens is 305 g/mol. The van der Waals surface area contributed by atoms with Crippen molar-refractivity contribution in [3.05, 3.63) is 51.6 Å². The topological polar surface area (TPSA) is 38.1 Å². The third kappa shape index (κ3) is 2.20. The van der Waals surface area contributed by atoms with E-state index in [0.717, 1.165) is 36.2 Å². The van der Waals surface area contributed by atoms with E-state index in [-0.39, 0.29) is 11.7 Å². The number of benzene rings is 1. The van der Waals surface area contributed by atoms with Gasteiger partial charge in [-0.3, -0.25) is 9.48 Å². The molecule has 0 saturated heterocycles. The van der Waals surface area contributed by atoms with E-state index < -0.39 is 0 Å². The number of rotatable bonds is 1. The lowest BCUT2D eigenvalue weighted by Crippen LogP contribution is -2.36. The van der Waals surface area contributed by atoms with Gasteiger partial charge in [0.2, 0.25) is 0 Å². The van der Waals surface area contributed by atoms with Crippen LogP contribution in [0.1, 0.15) is 33.7 Å². The monoisotopic (exact) mass is 319 g/mol. The fraction of sp³-hybridized carbons (Fsp3) is 0.375. The molecule has 0 atom stereocenters. The molecule has 4 nitrogen and oxygen atoms in total. The second-order valence-corrected chi connectivity index (χ2v) is 6.26. The van der Waals surface area contributed by atoms with Crippen LogP contribution in [0.25, 0.3) is 0 Å². The number of carbonyl (C=O) groups excluding carboxylic acids is 1. The van der Waals surface area contributed by atoms with Crippen molar-refractivity contribution in [3.8, 4) is 0 Å². The standard InChI is InChI=1S/C16H15ClFN3O/c17-14-7-11(18)6-10-9-20(5-3-13(10)14)16(22)15-8-12-2-1-4-21(12)19-15/h6-8H,1-5,9H2. The molecule has 0 bridgehead atoms. The second-order valence-electron chi connectivity index (χ2n) is 5.85. The summed E-state index contributed by atoms with van der Waals surface area (Å²) >= 11 is 6.08. The zero-order chi connectivity index (χ0) is 15.3. The molecule has 1 amide bonds. The van der Waals surface area contributed by atoms with Gasteiger partial charge in [0.1, 0.15) is 5.82 Å². The number of hydrogen-bond acceptors (Lipinski definition) is 2. The Morgan fingerprint density at radius 3 is 2.91 bits per heavy atom. The summed E-state index contributed by atoms with van der Waals surface area (Å²) in [6.45, 7) is 1.85. The summed E-state index contributed by atoms with van der Waals surface area (Å²) in [5, 5.41) is 4.83. The minimum Gasteiger partial charge on any atom is -0.333 e. The molecule has 2 aromatic rings. The summed E-state index contributed by atoms with van der Waals surface area (Å²) in [6.07, 6.45) is 2.71. The van der Waals surface area contributed by atoms with E-state index in [0.29, 0.717) is 30.2 Å². The van der Waals surface area contributed by atoms with Gasteiger partial charge in [-0.05, 0) is 48.6 Å². The Hall–Kier alpha value is -1.88. The highest BCUT2D eigenvalue weighted by Gasteiger charge is 2.26. The average molecular weight is 320 g/mol. The van der Waals surface area contributed by atoms with Crippen LogP contribution < -0.4 is 0 Å². The van der Waals surface area contributed by atoms with Crippen LogP contribution >= 0.6 is 11.6 Å². The van der Waals surface area contributed by atoms with Crippen molar-refractivity contribution < 1.29 is 9.18 Å². The zero-order valence-corrected chi connectivity index (χ0v) is 12.7. The first-order chi connectivity index (χ1) is 10.6. The van der Waals surface area contributed by atoms with Gasteiger partial charge in [-0.25, -0.2) is 4.39 Å². The molecule has 6 heteroatoms. The second kappa shape index (κ2) is 5.09. The highest BCUT2D eigenvalue weighted by molar-refractivity contribution is 6.31. The molecule has 0 unspecified atom stereocenters. The number of carbonyl (C=O) groups is 1. The first-order valence-electron chi connectivity index (χ1n) is 7.44. The number of fused-ring (bicyclic) bond motifs is 2. The van der Waals surface area contributed by atoms with Crippen LogP contribution in [0.3, 0.4) is 0 Å². The van der Waals surface area contributed by atoms with Gasteiger partial charge in [0, 0.05) is 30.4 Å². The molecule has 114 valence electrons. The zero-order valence-electron chi connectivity index (χ0n) is 12.0. The Labute approximate surface area is 132 Å². The maximum absolute atomic E-state index is 13.5. The van der Waals surface area contributed by atoms with Crippen LogP contribution in [0.5, 0.6) is 0 Å². The fourth-order valence-corrected chi connectivity index (χ4v) is 3.63. The van der Waals surface area contributed by atoms with Crippen LogP contribution in [0.15, 0.2) is 18.2 Å². The minimum atomic E-state index is -0.362. The molecule has 0 fully saturated rings. The Bertz CT molecular complexity index is 749. The Morgan fingerprint density at radius 2 is 2.09 bits per heavy atom. The van der Waals surface area contributed by atoms with Crippen LogP contribution in [-0.4, -0.2) is 27.1 Å². The first kappa shape index (κ1) is 13.8. The lowest BCUT2D eigenvalue weighted by atomic mass is 9.99. The molecule has 0 radical (unpaired) electrons. The van der Waals surface area contributed by atoms with Crippen LogP contribution in [0, 0.1) is 5.82 Å². The van der Waals surface area contributed by atoms with Crippen molar-refractivity contribution in [2.75, 3.05) is 6.54 Å². The van der Waals surface area contributed by atoms with Gasteiger partial charge in [-0.2, -0.15) is 5.10 Å². The molecular formula is C16H15ClFN3O. The van der Waals surface area contributed by atoms with Gasteiger partial charge in [0.15, 0.2) is 5.69 Å². The number of aromatic nitrogens is 2. The number of aryl methyl sites for hydroxylation is 2. The number of amides is 1. The average Bonchev–Trinajstić information content (AvgIpc) is 3.06. The molecule has 3 heterocycles. The third-order valence-electron chi connectivity index (χ3n) is 4.42. The SMILES string of the molecule is O=C(c1cc2n(n1)CCC2)N1CCc2c(Cl)cc(F)cc2C1. The largest absolute Gasteiger partial charge is 0.333 e. The van der Waals surface area contributed by atoms with Crippen molar-refractivity contribution in [1.82, 2.24) is 14.7 Å². The van der Waals surface area contributed by atoms with E-state index in [2.05, 4.69) is 5.10 Å². The third-order valence-corrected chi connectivity index (χ3v) is 4.76. The van der Waals surface area contributed by atoms with Crippen molar-refractivity contribution in [2.24, 2.45) is 0 Å². The number of hydrogen-bond donors (Lipinski definition) is 0. The Kier molecular flexibility index (Phi) is 3.18. The summed E-state index contributed by atoms with van der Waals surface area (Å²) < 4.78 is 15.4. The molecule has 0 spiro atoms. The highest BCUT2D eigenvalue weighted by atomic mass is 35.5. The minimum absolute atomic E-state index is 0.0899. The molecule has 2 aliphatic rings. The molecule has 0 saturated carbocycles. The number of nitrogens with zero attached hydrogens (tertiary/aromatic N) is 3. The maximum Gasteiger partial charge on any atom is 0.274 e. The smallest absolute Gasteiger partial charge is 0.274 e. The van der Waals surface area contributed by atoms with Crippen LogP contribution in [0.2, 0.25) is 5.02 Å². The van der Waals surface area contributed by atoms with E-state index in [4.69, 9.17) is 11.6 Å². The van der Waals surface area contributed by atoms with Crippen molar-refractivity contribution in [2.45, 2.75) is 32.4 Å². The van der Waals surface area contributed by atoms with Crippen molar-refractivity contribution in [1.29, 1.82) is 0 Å². The molecule has 2 aliphatic heterocycles. The molecule has 22 heavy (non-hydrogen) atoms. The molecule has 1 aromatic heterocycles. The van der Waals surface area contributed by atoms with Gasteiger partial charge in [-0.15, -0.1) is 0 Å². The van der Waals surface area contributed by atoms with E-state index in [1.165, 1.54) is 12.1 Å². The molecule has 0 N–H and O–H groups in total. The Morgan fingerprint density at radius 1 is 1.23 bits per heavy atom. The van der Waals surface area contributed by atoms with Crippen LogP contribution in [-0.2, 0) is 25.9 Å². The van der Waals surface area contributed by atoms with Gasteiger partial charge < -0.3 is 4.90 Å². The molecule has 0 aliphatic carbocycles. The summed E-state index contributed by atoms with van der Waals surface area (Å²) in [7, 11) is 0. The number of halogens is 2. The highest BCUT2D eigenvalue weighted by Crippen LogP contribution is 2.28. The predicted molar refractivity (Wildman–Crippen MR) is 80.4 cm³/mol. The predicted octanol–water partition coefficient (Wildman–Crippen LogP) is 2.82. The fourth-order valence-electron chi connectivity index (χ4n) is 3.31. The Balaban J connectivity index is 1.60. The van der Waals surface area contributed by atoms with Gasteiger partial charge >= 0.3 is 0 Å². The van der Waals surface area contributed by atoms with Gasteiger partial charge in [0.25, 0.3) is 5.91 Å². The van der Waals surface area contributed by atoms with E-state index in [9.17, 15) is 9.18 Å². The molecule has 4 rings (SSSR count). The van der Waals surface area contributed by atoms with Crippen LogP contribution in [0.4, 0.5) is 4.39 Å². The lowest BCUT2D eigenvalue weighted by Gasteiger charge is -2.29. The summed E-state index contributed by atoms with van der Waals surface area (Å²) in [6, 6.07) is 4.68. The summed E-state index contributed by atoms with van der Waals surface area (Å²) in [5.74, 6) is -0.452. The summed E-state index contributed by atoms with van der Waals surface area (Å²) in [4.78, 5) is 14.3. The molecule has 1 aromatic carbocycles. The van der Waals surface area contributed by atoms with Gasteiger partial charge in [-0.1, -0.05) is 11.6 Å². The first-order valence-corrected chi connectivity index (χ1v) is 7.82. The normalized spacial score (nSPS) is 16.5. The van der Waals surface area contributed by atoms with Crippen molar-refractivity contribution >= 4 is 17.5 Å². The van der Waals surface area contributed by atoms with E-state index in [1.54, 1.807) is 4.90 Å². The van der Waals surface area contributed by atoms with E-state index >= 15 is 0 Å². The van der Waals surface area contributed by atoms with E-state index in [1.807, 2.05) is 10.7 Å². The maximum atomic E-state index is 13.5.